The van der Waals surface area contributed by atoms with Crippen molar-refractivity contribution in [3.63, 3.8) is 0 Å². The summed E-state index contributed by atoms with van der Waals surface area (Å²) >= 11 is 0. The maximum Gasteiger partial charge on any atom is 0.246 e. The number of methoxy groups -OCH3 is 1. The van der Waals surface area contributed by atoms with Crippen molar-refractivity contribution in [2.24, 2.45) is 5.73 Å². The Morgan fingerprint density at radius 3 is 2.67 bits per heavy atom. The molecule has 6 heteroatoms. The highest BCUT2D eigenvalue weighted by atomic mass is 16.5. The third-order valence-electron chi connectivity index (χ3n) is 3.75. The van der Waals surface area contributed by atoms with Gasteiger partial charge in [-0.05, 0) is 13.3 Å². The molecule has 1 aliphatic rings. The fraction of sp³-hybridized carbons (Fsp3) is 0.833. The number of nitrogens with zero attached hydrogens (tertiary/aromatic N) is 2. The molecule has 1 atom stereocenters. The Kier molecular flexibility index (Phi) is 3.70. The number of ether oxygens (including phenoxy) is 2. The van der Waals surface area contributed by atoms with Gasteiger partial charge in [-0.15, -0.1) is 0 Å². The number of hydrogen-bond acceptors (Lipinski definition) is 6. The van der Waals surface area contributed by atoms with Crippen LogP contribution in [0.15, 0.2) is 4.52 Å². The highest BCUT2D eigenvalue weighted by Crippen LogP contribution is 2.34. The van der Waals surface area contributed by atoms with E-state index in [0.29, 0.717) is 24.9 Å². The zero-order valence-corrected chi connectivity index (χ0v) is 11.2. The third kappa shape index (κ3) is 2.28. The van der Waals surface area contributed by atoms with Crippen molar-refractivity contribution in [1.29, 1.82) is 0 Å². The van der Waals surface area contributed by atoms with Crippen LogP contribution in [0.4, 0.5) is 0 Å². The zero-order valence-electron chi connectivity index (χ0n) is 11.2. The summed E-state index contributed by atoms with van der Waals surface area (Å²) in [5.41, 5.74) is 5.01. The summed E-state index contributed by atoms with van der Waals surface area (Å²) in [5, 5.41) is 4.05. The van der Waals surface area contributed by atoms with Crippen LogP contribution in [0, 0.1) is 0 Å². The molecule has 0 amide bonds. The molecular formula is C12H21N3O3. The molecule has 1 saturated heterocycles. The van der Waals surface area contributed by atoms with Gasteiger partial charge < -0.3 is 19.7 Å². The second-order valence-corrected chi connectivity index (χ2v) is 5.00. The molecule has 0 saturated carbocycles. The van der Waals surface area contributed by atoms with Crippen LogP contribution in [0.3, 0.4) is 0 Å². The van der Waals surface area contributed by atoms with E-state index >= 15 is 0 Å². The van der Waals surface area contributed by atoms with Crippen LogP contribution in [0.25, 0.3) is 0 Å². The standard InChI is InChI=1S/C12H21N3O3/c1-4-11(2,13)10-14-9(15-18-10)12(16-3)5-7-17-8-6-12/h4-8,13H2,1-3H3. The van der Waals surface area contributed by atoms with E-state index in [9.17, 15) is 0 Å². The van der Waals surface area contributed by atoms with Gasteiger partial charge in [0.2, 0.25) is 11.7 Å². The molecule has 0 bridgehead atoms. The molecule has 0 aliphatic carbocycles. The highest BCUT2D eigenvalue weighted by Gasteiger charge is 2.40. The Morgan fingerprint density at radius 1 is 1.44 bits per heavy atom. The van der Waals surface area contributed by atoms with Gasteiger partial charge in [0, 0.05) is 33.2 Å². The lowest BCUT2D eigenvalue weighted by Gasteiger charge is -2.32. The highest BCUT2D eigenvalue weighted by molar-refractivity contribution is 5.07. The molecule has 0 spiro atoms. The van der Waals surface area contributed by atoms with Gasteiger partial charge >= 0.3 is 0 Å². The van der Waals surface area contributed by atoms with Gasteiger partial charge in [0.25, 0.3) is 0 Å². The average Bonchev–Trinajstić information content (AvgIpc) is 2.90. The maximum absolute atomic E-state index is 6.10. The monoisotopic (exact) mass is 255 g/mol. The summed E-state index contributed by atoms with van der Waals surface area (Å²) in [6.07, 6.45) is 2.20. The van der Waals surface area contributed by atoms with Crippen molar-refractivity contribution in [1.82, 2.24) is 10.1 Å². The van der Waals surface area contributed by atoms with Crippen LogP contribution >= 0.6 is 0 Å². The molecule has 2 heterocycles. The normalized spacial score (nSPS) is 22.7. The fourth-order valence-corrected chi connectivity index (χ4v) is 2.01. The van der Waals surface area contributed by atoms with Crippen LogP contribution < -0.4 is 5.73 Å². The van der Waals surface area contributed by atoms with E-state index in [1.165, 1.54) is 0 Å². The van der Waals surface area contributed by atoms with Gasteiger partial charge in [0.05, 0.1) is 5.54 Å². The molecule has 18 heavy (non-hydrogen) atoms. The van der Waals surface area contributed by atoms with E-state index in [1.54, 1.807) is 7.11 Å². The lowest BCUT2D eigenvalue weighted by molar-refractivity contribution is -0.101. The summed E-state index contributed by atoms with van der Waals surface area (Å²) < 4.78 is 16.3. The van der Waals surface area contributed by atoms with E-state index in [1.807, 2.05) is 13.8 Å². The van der Waals surface area contributed by atoms with E-state index in [4.69, 9.17) is 19.7 Å². The number of aromatic nitrogens is 2. The topological polar surface area (TPSA) is 83.4 Å². The largest absolute Gasteiger partial charge is 0.381 e. The second-order valence-electron chi connectivity index (χ2n) is 5.00. The molecule has 1 aromatic rings. The van der Waals surface area contributed by atoms with Gasteiger partial charge in [0.15, 0.2) is 0 Å². The average molecular weight is 255 g/mol. The van der Waals surface area contributed by atoms with Crippen LogP contribution in [-0.4, -0.2) is 30.5 Å². The minimum atomic E-state index is -0.592. The van der Waals surface area contributed by atoms with Gasteiger partial charge in [-0.2, -0.15) is 4.98 Å². The van der Waals surface area contributed by atoms with Gasteiger partial charge in [-0.25, -0.2) is 0 Å². The van der Waals surface area contributed by atoms with Crippen molar-refractivity contribution >= 4 is 0 Å². The summed E-state index contributed by atoms with van der Waals surface area (Å²) in [7, 11) is 1.67. The van der Waals surface area contributed by atoms with E-state index in [-0.39, 0.29) is 0 Å². The summed E-state index contributed by atoms with van der Waals surface area (Å²) in [5.74, 6) is 1.04. The molecule has 102 valence electrons. The molecule has 0 radical (unpaired) electrons. The Morgan fingerprint density at radius 2 is 2.11 bits per heavy atom. The number of hydrogen-bond donors (Lipinski definition) is 1. The fourth-order valence-electron chi connectivity index (χ4n) is 2.01. The minimum Gasteiger partial charge on any atom is -0.381 e. The second kappa shape index (κ2) is 4.95. The molecular weight excluding hydrogens is 234 g/mol. The Bertz CT molecular complexity index is 397. The first kappa shape index (κ1) is 13.5. The molecule has 0 aromatic carbocycles. The Labute approximate surface area is 107 Å². The van der Waals surface area contributed by atoms with E-state index in [0.717, 1.165) is 19.3 Å². The first-order chi connectivity index (χ1) is 8.54. The van der Waals surface area contributed by atoms with Gasteiger partial charge in [0.1, 0.15) is 5.60 Å². The summed E-state index contributed by atoms with van der Waals surface area (Å²) in [6.45, 7) is 5.16. The quantitative estimate of drug-likeness (QED) is 0.873. The van der Waals surface area contributed by atoms with Gasteiger partial charge in [-0.1, -0.05) is 12.1 Å². The third-order valence-corrected chi connectivity index (χ3v) is 3.75. The maximum atomic E-state index is 6.10. The summed E-state index contributed by atoms with van der Waals surface area (Å²) in [4.78, 5) is 4.44. The van der Waals surface area contributed by atoms with Crippen molar-refractivity contribution in [3.8, 4) is 0 Å². The van der Waals surface area contributed by atoms with Crippen molar-refractivity contribution < 1.29 is 14.0 Å². The molecule has 1 aromatic heterocycles. The van der Waals surface area contributed by atoms with Gasteiger partial charge in [-0.3, -0.25) is 0 Å². The van der Waals surface area contributed by atoms with E-state index < -0.39 is 11.1 Å². The molecule has 1 unspecified atom stereocenters. The molecule has 1 fully saturated rings. The first-order valence-corrected chi connectivity index (χ1v) is 6.30. The minimum absolute atomic E-state index is 0.461. The van der Waals surface area contributed by atoms with Crippen LogP contribution in [0.5, 0.6) is 0 Å². The zero-order chi connectivity index (χ0) is 13.2. The summed E-state index contributed by atoms with van der Waals surface area (Å²) in [6, 6.07) is 0. The Hall–Kier alpha value is -0.980. The van der Waals surface area contributed by atoms with Crippen LogP contribution in [-0.2, 0) is 20.6 Å². The van der Waals surface area contributed by atoms with Crippen LogP contribution in [0.1, 0.15) is 44.8 Å². The van der Waals surface area contributed by atoms with Crippen molar-refractivity contribution in [3.05, 3.63) is 11.7 Å². The smallest absolute Gasteiger partial charge is 0.246 e. The van der Waals surface area contributed by atoms with E-state index in [2.05, 4.69) is 10.1 Å². The first-order valence-electron chi connectivity index (χ1n) is 6.30. The molecule has 1 aliphatic heterocycles. The predicted octanol–water partition coefficient (Wildman–Crippen LogP) is 1.31. The Balaban J connectivity index is 2.28. The molecule has 2 rings (SSSR count). The van der Waals surface area contributed by atoms with Crippen molar-refractivity contribution in [2.75, 3.05) is 20.3 Å². The molecule has 2 N–H and O–H groups in total. The molecule has 6 nitrogen and oxygen atoms in total. The predicted molar refractivity (Wildman–Crippen MR) is 64.9 cm³/mol. The number of rotatable bonds is 4. The number of nitrogens with two attached hydrogens (primary N) is 1. The lowest BCUT2D eigenvalue weighted by atomic mass is 9.93. The SMILES string of the molecule is CCC(C)(N)c1nc(C2(OC)CCOCC2)no1. The van der Waals surface area contributed by atoms with Crippen molar-refractivity contribution in [2.45, 2.75) is 44.2 Å². The van der Waals surface area contributed by atoms with Crippen LogP contribution in [0.2, 0.25) is 0 Å². The lowest BCUT2D eigenvalue weighted by Crippen LogP contribution is -2.37.